The lowest BCUT2D eigenvalue weighted by Crippen LogP contribution is -2.05. The molecule has 8 heteroatoms. The average molecular weight is 277 g/mol. The first-order valence-electron chi connectivity index (χ1n) is 4.46. The van der Waals surface area contributed by atoms with Gasteiger partial charge in [-0.15, -0.1) is 0 Å². The number of anilines is 1. The van der Waals surface area contributed by atoms with Crippen LogP contribution in [0.2, 0.25) is 0 Å². The van der Waals surface area contributed by atoms with Crippen LogP contribution in [0.1, 0.15) is 12.5 Å². The van der Waals surface area contributed by atoms with E-state index in [2.05, 4.69) is 4.72 Å². The van der Waals surface area contributed by atoms with Crippen molar-refractivity contribution in [2.24, 2.45) is 0 Å². The van der Waals surface area contributed by atoms with Crippen LogP contribution in [-0.2, 0) is 21.4 Å². The quantitative estimate of drug-likeness (QED) is 0.571. The molecule has 1 unspecified atom stereocenters. The van der Waals surface area contributed by atoms with Gasteiger partial charge in [0.1, 0.15) is 4.90 Å². The van der Waals surface area contributed by atoms with Gasteiger partial charge in [0.05, 0.1) is 0 Å². The monoisotopic (exact) mass is 277 g/mol. The molecule has 0 bridgehead atoms. The summed E-state index contributed by atoms with van der Waals surface area (Å²) < 4.78 is 52.5. The smallest absolute Gasteiger partial charge is 0.289 e. The predicted molar refractivity (Wildman–Crippen MR) is 65.4 cm³/mol. The Kier molecular flexibility index (Phi) is 4.40. The van der Waals surface area contributed by atoms with E-state index >= 15 is 0 Å². The summed E-state index contributed by atoms with van der Waals surface area (Å²) in [6, 6.07) is 3.93. The summed E-state index contributed by atoms with van der Waals surface area (Å²) in [5, 5.41) is 0. The van der Waals surface area contributed by atoms with Crippen molar-refractivity contribution < 1.29 is 21.7 Å². The topological polar surface area (TPSA) is 104 Å². The first-order valence-corrected chi connectivity index (χ1v) is 7.01. The zero-order valence-corrected chi connectivity index (χ0v) is 10.5. The molecule has 0 saturated carbocycles. The van der Waals surface area contributed by atoms with E-state index in [0.717, 1.165) is 6.07 Å². The van der Waals surface area contributed by atoms with Crippen molar-refractivity contribution in [2.45, 2.75) is 11.8 Å². The number of hydrogen-bond donors (Lipinski definition) is 3. The summed E-state index contributed by atoms with van der Waals surface area (Å²) in [7, 11) is -4.39. The molecule has 0 aliphatic carbocycles. The van der Waals surface area contributed by atoms with E-state index in [4.69, 9.17) is 9.11 Å². The van der Waals surface area contributed by atoms with Crippen molar-refractivity contribution >= 4 is 33.1 Å². The Hall–Kier alpha value is -1.22. The molecule has 0 spiro atoms. The minimum atomic E-state index is -4.39. The van der Waals surface area contributed by atoms with E-state index in [1.54, 1.807) is 13.0 Å². The molecule has 1 aromatic rings. The van der Waals surface area contributed by atoms with Crippen LogP contribution < -0.4 is 4.72 Å². The number of allylic oxidation sites excluding steroid dienone is 1. The molecule has 1 atom stereocenters. The Bertz CT molecular complexity index is 565. The Morgan fingerprint density at radius 3 is 2.53 bits per heavy atom. The lowest BCUT2D eigenvalue weighted by molar-refractivity contribution is 0.483. The third kappa shape index (κ3) is 3.93. The highest BCUT2D eigenvalue weighted by atomic mass is 32.2. The van der Waals surface area contributed by atoms with E-state index in [-0.39, 0.29) is 10.6 Å². The normalized spacial score (nSPS) is 13.8. The molecule has 0 heterocycles. The molecule has 0 aliphatic heterocycles. The van der Waals surface area contributed by atoms with Crippen molar-refractivity contribution in [3.8, 4) is 0 Å². The van der Waals surface area contributed by atoms with E-state index in [1.807, 2.05) is 0 Å². The van der Waals surface area contributed by atoms with E-state index < -0.39 is 21.4 Å². The second-order valence-electron chi connectivity index (χ2n) is 3.08. The predicted octanol–water partition coefficient (Wildman–Crippen LogP) is 1.52. The fourth-order valence-corrected chi connectivity index (χ4v) is 2.28. The maximum Gasteiger partial charge on any atom is 0.295 e. The van der Waals surface area contributed by atoms with Crippen molar-refractivity contribution in [3.63, 3.8) is 0 Å². The lowest BCUT2D eigenvalue weighted by atomic mass is 10.2. The standard InChI is InChI=1S/C9H11NO5S2/c1-2-3-7-4-5-8(10-16(11)12)6-9(7)17(13,14)15/h2-6,10H,1H3,(H,11,12)(H,13,14,15). The molecular weight excluding hydrogens is 266 g/mol. The highest BCUT2D eigenvalue weighted by Crippen LogP contribution is 2.22. The molecule has 1 aromatic carbocycles. The van der Waals surface area contributed by atoms with E-state index in [1.165, 1.54) is 18.2 Å². The molecule has 0 radical (unpaired) electrons. The maximum atomic E-state index is 11.1. The van der Waals surface area contributed by atoms with Gasteiger partial charge >= 0.3 is 0 Å². The molecule has 94 valence electrons. The Morgan fingerprint density at radius 1 is 1.41 bits per heavy atom. The summed E-state index contributed by atoms with van der Waals surface area (Å²) in [6.07, 6.45) is 3.12. The van der Waals surface area contributed by atoms with Gasteiger partial charge in [-0.2, -0.15) is 8.42 Å². The number of nitrogens with one attached hydrogen (secondary N) is 1. The van der Waals surface area contributed by atoms with Gasteiger partial charge in [-0.25, -0.2) is 4.21 Å². The molecule has 0 saturated heterocycles. The van der Waals surface area contributed by atoms with Gasteiger partial charge in [0.2, 0.25) is 0 Å². The number of hydrogen-bond acceptors (Lipinski definition) is 3. The number of rotatable bonds is 4. The molecule has 0 amide bonds. The maximum absolute atomic E-state index is 11.1. The minimum absolute atomic E-state index is 0.117. The van der Waals surface area contributed by atoms with Crippen molar-refractivity contribution in [3.05, 3.63) is 29.8 Å². The van der Waals surface area contributed by atoms with Gasteiger partial charge in [0.15, 0.2) is 0 Å². The van der Waals surface area contributed by atoms with Gasteiger partial charge in [-0.3, -0.25) is 13.8 Å². The van der Waals surface area contributed by atoms with Gasteiger partial charge < -0.3 is 0 Å². The summed E-state index contributed by atoms with van der Waals surface area (Å²) in [5.41, 5.74) is 0.413. The Morgan fingerprint density at radius 2 is 2.06 bits per heavy atom. The minimum Gasteiger partial charge on any atom is -0.289 e. The van der Waals surface area contributed by atoms with Crippen LogP contribution >= 0.6 is 0 Å². The molecule has 17 heavy (non-hydrogen) atoms. The number of benzene rings is 1. The molecule has 1 rings (SSSR count). The fourth-order valence-electron chi connectivity index (χ4n) is 1.24. The summed E-state index contributed by atoms with van der Waals surface area (Å²) in [5.74, 6) is 0. The molecule has 0 aliphatic rings. The van der Waals surface area contributed by atoms with Crippen molar-refractivity contribution in [1.29, 1.82) is 0 Å². The van der Waals surface area contributed by atoms with Crippen LogP contribution in [0.15, 0.2) is 29.2 Å². The van der Waals surface area contributed by atoms with Gasteiger partial charge in [-0.1, -0.05) is 18.2 Å². The third-order valence-corrected chi connectivity index (χ3v) is 3.16. The first-order chi connectivity index (χ1) is 7.84. The van der Waals surface area contributed by atoms with Gasteiger partial charge in [0, 0.05) is 5.69 Å². The zero-order chi connectivity index (χ0) is 13.1. The summed E-state index contributed by atoms with van der Waals surface area (Å²) in [4.78, 5) is -0.328. The largest absolute Gasteiger partial charge is 0.295 e. The van der Waals surface area contributed by atoms with Crippen LogP contribution in [-0.4, -0.2) is 21.7 Å². The molecule has 0 aromatic heterocycles. The van der Waals surface area contributed by atoms with Crippen LogP contribution in [0.4, 0.5) is 5.69 Å². The van der Waals surface area contributed by atoms with Gasteiger partial charge in [-0.05, 0) is 24.6 Å². The second kappa shape index (κ2) is 5.41. The van der Waals surface area contributed by atoms with Crippen LogP contribution in [0, 0.1) is 0 Å². The highest BCUT2D eigenvalue weighted by Gasteiger charge is 2.15. The third-order valence-electron chi connectivity index (χ3n) is 1.84. The zero-order valence-electron chi connectivity index (χ0n) is 8.82. The van der Waals surface area contributed by atoms with Crippen LogP contribution in [0.5, 0.6) is 0 Å². The SMILES string of the molecule is CC=Cc1ccc(NS(=O)O)cc1S(=O)(=O)O. The molecule has 0 fully saturated rings. The van der Waals surface area contributed by atoms with E-state index in [0.29, 0.717) is 5.56 Å². The lowest BCUT2D eigenvalue weighted by Gasteiger charge is -2.06. The Balaban J connectivity index is 3.34. The van der Waals surface area contributed by atoms with Crippen LogP contribution in [0.3, 0.4) is 0 Å². The van der Waals surface area contributed by atoms with Crippen molar-refractivity contribution in [2.75, 3.05) is 4.72 Å². The highest BCUT2D eigenvalue weighted by molar-refractivity contribution is 7.86. The molecular formula is C9H11NO5S2. The first kappa shape index (κ1) is 13.8. The van der Waals surface area contributed by atoms with Crippen molar-refractivity contribution in [1.82, 2.24) is 0 Å². The Labute approximate surface area is 102 Å². The second-order valence-corrected chi connectivity index (χ2v) is 5.17. The van der Waals surface area contributed by atoms with Gasteiger partial charge in [0.25, 0.3) is 21.4 Å². The molecule has 3 N–H and O–H groups in total. The van der Waals surface area contributed by atoms with E-state index in [9.17, 15) is 12.6 Å². The van der Waals surface area contributed by atoms with Crippen LogP contribution in [0.25, 0.3) is 6.08 Å². The average Bonchev–Trinajstić information content (AvgIpc) is 2.18. The summed E-state index contributed by atoms with van der Waals surface area (Å²) in [6.45, 7) is 1.70. The summed E-state index contributed by atoms with van der Waals surface area (Å²) >= 11 is -2.31. The molecule has 6 nitrogen and oxygen atoms in total. The fraction of sp³-hybridized carbons (Fsp3) is 0.111.